The highest BCUT2D eigenvalue weighted by atomic mass is 35.5. The fourth-order valence-electron chi connectivity index (χ4n) is 3.46. The predicted molar refractivity (Wildman–Crippen MR) is 130 cm³/mol. The highest BCUT2D eigenvalue weighted by Gasteiger charge is 2.24. The summed E-state index contributed by atoms with van der Waals surface area (Å²) in [5, 5.41) is 11.3. The molecule has 0 bridgehead atoms. The molecule has 0 aliphatic rings. The van der Waals surface area contributed by atoms with Crippen molar-refractivity contribution in [2.45, 2.75) is 26.2 Å². The van der Waals surface area contributed by atoms with Crippen molar-refractivity contribution in [3.8, 4) is 17.1 Å². The highest BCUT2D eigenvalue weighted by Crippen LogP contribution is 2.33. The lowest BCUT2D eigenvalue weighted by Crippen LogP contribution is -2.16. The van der Waals surface area contributed by atoms with Gasteiger partial charge in [0, 0.05) is 11.6 Å². The molecule has 0 N–H and O–H groups in total. The van der Waals surface area contributed by atoms with E-state index in [4.69, 9.17) is 20.8 Å². The Morgan fingerprint density at radius 2 is 1.71 bits per heavy atom. The standard InChI is InChI=1S/C26H20ClNO6/c1-26(2,3)17-11-8-15(9-12-17)23-24(22(29)18-6-4-5-7-21(18)33-23)34-25(30)16-10-13-19(27)20(14-16)28(31)32/h4-14H,1-3H3. The number of hydrogen-bond donors (Lipinski definition) is 0. The molecule has 34 heavy (non-hydrogen) atoms. The number of rotatable bonds is 4. The largest absolute Gasteiger partial charge is 0.452 e. The average Bonchev–Trinajstić information content (AvgIpc) is 2.80. The lowest BCUT2D eigenvalue weighted by atomic mass is 9.86. The van der Waals surface area contributed by atoms with Crippen LogP contribution in [0, 0.1) is 10.1 Å². The topological polar surface area (TPSA) is 99.7 Å². The van der Waals surface area contributed by atoms with E-state index in [2.05, 4.69) is 20.8 Å². The molecule has 7 nitrogen and oxygen atoms in total. The SMILES string of the molecule is CC(C)(C)c1ccc(-c2oc3ccccc3c(=O)c2OC(=O)c2ccc(Cl)c([N+](=O)[O-])c2)cc1. The molecule has 1 aromatic heterocycles. The van der Waals surface area contributed by atoms with E-state index in [1.165, 1.54) is 12.1 Å². The third-order valence-corrected chi connectivity index (χ3v) is 5.66. The first-order chi connectivity index (χ1) is 16.1. The van der Waals surface area contributed by atoms with Crippen LogP contribution in [-0.4, -0.2) is 10.9 Å². The summed E-state index contributed by atoms with van der Waals surface area (Å²) in [4.78, 5) is 36.7. The molecule has 172 valence electrons. The zero-order chi connectivity index (χ0) is 24.6. The number of carbonyl (C=O) groups excluding carboxylic acids is 1. The van der Waals surface area contributed by atoms with Crippen LogP contribution in [0.25, 0.3) is 22.3 Å². The zero-order valence-electron chi connectivity index (χ0n) is 18.6. The van der Waals surface area contributed by atoms with Gasteiger partial charge in [-0.05, 0) is 35.2 Å². The lowest BCUT2D eigenvalue weighted by Gasteiger charge is -2.19. The Kier molecular flexibility index (Phi) is 5.98. The molecule has 3 aromatic carbocycles. The number of nitro groups is 1. The fourth-order valence-corrected chi connectivity index (χ4v) is 3.65. The van der Waals surface area contributed by atoms with Gasteiger partial charge in [0.25, 0.3) is 5.69 Å². The number of benzene rings is 3. The molecule has 4 aromatic rings. The quantitative estimate of drug-likeness (QED) is 0.188. The summed E-state index contributed by atoms with van der Waals surface area (Å²) in [6.07, 6.45) is 0. The number of para-hydroxylation sites is 1. The van der Waals surface area contributed by atoms with E-state index in [0.717, 1.165) is 11.6 Å². The third kappa shape index (κ3) is 4.43. The molecule has 0 saturated carbocycles. The number of carbonyl (C=O) groups is 1. The predicted octanol–water partition coefficient (Wildman–Crippen LogP) is 6.54. The van der Waals surface area contributed by atoms with Gasteiger partial charge in [0.2, 0.25) is 11.2 Å². The number of esters is 1. The monoisotopic (exact) mass is 477 g/mol. The van der Waals surface area contributed by atoms with Gasteiger partial charge in [-0.25, -0.2) is 4.79 Å². The molecule has 0 unspecified atom stereocenters. The number of ether oxygens (including phenoxy) is 1. The first-order valence-corrected chi connectivity index (χ1v) is 10.8. The van der Waals surface area contributed by atoms with Crippen molar-refractivity contribution in [2.75, 3.05) is 0 Å². The van der Waals surface area contributed by atoms with Gasteiger partial charge < -0.3 is 9.15 Å². The summed E-state index contributed by atoms with van der Waals surface area (Å²) in [5.74, 6) is -1.17. The maximum atomic E-state index is 13.3. The van der Waals surface area contributed by atoms with Gasteiger partial charge >= 0.3 is 5.97 Å². The molecule has 0 radical (unpaired) electrons. The van der Waals surface area contributed by atoms with Crippen molar-refractivity contribution < 1.29 is 18.9 Å². The van der Waals surface area contributed by atoms with E-state index in [9.17, 15) is 19.7 Å². The maximum Gasteiger partial charge on any atom is 0.344 e. The van der Waals surface area contributed by atoms with Gasteiger partial charge in [-0.3, -0.25) is 14.9 Å². The first kappa shape index (κ1) is 23.2. The minimum absolute atomic E-state index is 0.0820. The lowest BCUT2D eigenvalue weighted by molar-refractivity contribution is -0.384. The van der Waals surface area contributed by atoms with Gasteiger partial charge in [-0.15, -0.1) is 0 Å². The normalized spacial score (nSPS) is 11.4. The van der Waals surface area contributed by atoms with Gasteiger partial charge in [0.05, 0.1) is 15.9 Å². The van der Waals surface area contributed by atoms with Crippen LogP contribution in [0.4, 0.5) is 5.69 Å². The van der Waals surface area contributed by atoms with Gasteiger partial charge in [-0.2, -0.15) is 0 Å². The summed E-state index contributed by atoms with van der Waals surface area (Å²) < 4.78 is 11.5. The molecule has 4 rings (SSSR count). The Morgan fingerprint density at radius 3 is 2.35 bits per heavy atom. The maximum absolute atomic E-state index is 13.3. The molecule has 0 aliphatic heterocycles. The van der Waals surface area contributed by atoms with Crippen LogP contribution in [0.3, 0.4) is 0 Å². The van der Waals surface area contributed by atoms with Crippen LogP contribution in [0.5, 0.6) is 5.75 Å². The molecular formula is C26H20ClNO6. The average molecular weight is 478 g/mol. The summed E-state index contributed by atoms with van der Waals surface area (Å²) in [6, 6.07) is 17.6. The molecule has 0 amide bonds. The summed E-state index contributed by atoms with van der Waals surface area (Å²) in [5.41, 5.74) is 0.767. The smallest absolute Gasteiger partial charge is 0.344 e. The second-order valence-corrected chi connectivity index (χ2v) is 9.13. The number of hydrogen-bond acceptors (Lipinski definition) is 6. The van der Waals surface area contributed by atoms with Crippen molar-refractivity contribution >= 4 is 34.2 Å². The van der Waals surface area contributed by atoms with E-state index >= 15 is 0 Å². The van der Waals surface area contributed by atoms with Crippen LogP contribution in [0.1, 0.15) is 36.7 Å². The zero-order valence-corrected chi connectivity index (χ0v) is 19.4. The van der Waals surface area contributed by atoms with Crippen molar-refractivity contribution in [3.63, 3.8) is 0 Å². The van der Waals surface area contributed by atoms with E-state index < -0.39 is 22.0 Å². The van der Waals surface area contributed by atoms with Gasteiger partial charge in [0.15, 0.2) is 5.76 Å². The molecular weight excluding hydrogens is 458 g/mol. The van der Waals surface area contributed by atoms with Gasteiger partial charge in [0.1, 0.15) is 10.6 Å². The van der Waals surface area contributed by atoms with Crippen LogP contribution in [-0.2, 0) is 5.41 Å². The number of nitrogens with zero attached hydrogens (tertiary/aromatic N) is 1. The van der Waals surface area contributed by atoms with Gasteiger partial charge in [-0.1, -0.05) is 68.8 Å². The van der Waals surface area contributed by atoms with Crippen LogP contribution in [0.2, 0.25) is 5.02 Å². The molecule has 0 atom stereocenters. The minimum atomic E-state index is -0.949. The first-order valence-electron chi connectivity index (χ1n) is 10.4. The number of nitro benzene ring substituents is 1. The Bertz CT molecular complexity index is 1480. The Morgan fingerprint density at radius 1 is 1.03 bits per heavy atom. The molecule has 0 spiro atoms. The Labute approximate surface area is 199 Å². The molecule has 0 aliphatic carbocycles. The van der Waals surface area contributed by atoms with E-state index in [1.807, 2.05) is 12.1 Å². The number of halogens is 1. The number of fused-ring (bicyclic) bond motifs is 1. The summed E-state index contributed by atoms with van der Waals surface area (Å²) >= 11 is 5.84. The van der Waals surface area contributed by atoms with E-state index in [0.29, 0.717) is 11.1 Å². The Hall–Kier alpha value is -3.97. The van der Waals surface area contributed by atoms with Crippen LogP contribution in [0.15, 0.2) is 75.9 Å². The Balaban J connectivity index is 1.84. The van der Waals surface area contributed by atoms with Crippen molar-refractivity contribution in [3.05, 3.63) is 103 Å². The highest BCUT2D eigenvalue weighted by molar-refractivity contribution is 6.32. The fraction of sp³-hybridized carbons (Fsp3) is 0.154. The second-order valence-electron chi connectivity index (χ2n) is 8.73. The summed E-state index contributed by atoms with van der Waals surface area (Å²) in [7, 11) is 0. The molecule has 0 saturated heterocycles. The van der Waals surface area contributed by atoms with Crippen molar-refractivity contribution in [1.29, 1.82) is 0 Å². The van der Waals surface area contributed by atoms with E-state index in [1.54, 1.807) is 36.4 Å². The molecule has 1 heterocycles. The third-order valence-electron chi connectivity index (χ3n) is 5.34. The van der Waals surface area contributed by atoms with Crippen LogP contribution >= 0.6 is 11.6 Å². The van der Waals surface area contributed by atoms with Crippen LogP contribution < -0.4 is 10.2 Å². The second kappa shape index (κ2) is 8.76. The molecule has 0 fully saturated rings. The van der Waals surface area contributed by atoms with Crippen molar-refractivity contribution in [1.82, 2.24) is 0 Å². The summed E-state index contributed by atoms with van der Waals surface area (Å²) in [6.45, 7) is 6.24. The molecule has 8 heteroatoms. The van der Waals surface area contributed by atoms with Crippen molar-refractivity contribution in [2.24, 2.45) is 0 Å². The van der Waals surface area contributed by atoms with E-state index in [-0.39, 0.29) is 32.9 Å². The minimum Gasteiger partial charge on any atom is -0.452 e.